The summed E-state index contributed by atoms with van der Waals surface area (Å²) in [4.78, 5) is 24.3. The van der Waals surface area contributed by atoms with Crippen LogP contribution in [0.2, 0.25) is 0 Å². The van der Waals surface area contributed by atoms with E-state index in [-0.39, 0.29) is 6.54 Å². The maximum Gasteiger partial charge on any atom is 0.243 e. The fourth-order valence-electron chi connectivity index (χ4n) is 2.52. The van der Waals surface area contributed by atoms with E-state index in [1.54, 1.807) is 43.3 Å². The molecule has 0 radical (unpaired) electrons. The van der Waals surface area contributed by atoms with Crippen molar-refractivity contribution in [3.63, 3.8) is 0 Å². The lowest BCUT2D eigenvalue weighted by Crippen LogP contribution is -2.42. The minimum absolute atomic E-state index is 0.265. The number of halogens is 1. The summed E-state index contributed by atoms with van der Waals surface area (Å²) in [6.45, 7) is 2.99. The molecule has 2 amide bonds. The fraction of sp³-hybridized carbons (Fsp3) is 0.263. The van der Waals surface area contributed by atoms with Crippen molar-refractivity contribution in [1.29, 1.82) is 0 Å². The van der Waals surface area contributed by atoms with Crippen molar-refractivity contribution in [2.24, 2.45) is 0 Å². The summed E-state index contributed by atoms with van der Waals surface area (Å²) < 4.78 is 26.2. The number of carbonyl (C=O) groups excluding carboxylic acids is 2. The van der Waals surface area contributed by atoms with Gasteiger partial charge in [0, 0.05) is 10.2 Å². The van der Waals surface area contributed by atoms with Crippen LogP contribution in [0.5, 0.6) is 0 Å². The molecule has 9 heteroatoms. The van der Waals surface area contributed by atoms with Gasteiger partial charge in [-0.15, -0.1) is 0 Å². The summed E-state index contributed by atoms with van der Waals surface area (Å²) in [5.41, 5.74) is 2.72. The van der Waals surface area contributed by atoms with Gasteiger partial charge in [-0.25, -0.2) is 8.42 Å². The molecule has 7 nitrogen and oxygen atoms in total. The standard InChI is InChI=1S/C19H22BrN3O4S/c1-13-6-4-5-7-17(13)23(28(3,26)27)12-19(25)21-11-18(24)22-15-8-9-16(20)14(2)10-15/h4-10H,11-12H2,1-3H3,(H,21,25)(H,22,24). The van der Waals surface area contributed by atoms with E-state index in [0.29, 0.717) is 11.4 Å². The number of sulfonamides is 1. The van der Waals surface area contributed by atoms with Gasteiger partial charge in [-0.2, -0.15) is 0 Å². The predicted molar refractivity (Wildman–Crippen MR) is 114 cm³/mol. The molecule has 0 aliphatic heterocycles. The van der Waals surface area contributed by atoms with Crippen molar-refractivity contribution in [3.05, 3.63) is 58.1 Å². The first-order chi connectivity index (χ1) is 13.1. The number of carbonyl (C=O) groups is 2. The molecule has 0 spiro atoms. The monoisotopic (exact) mass is 467 g/mol. The first kappa shape index (κ1) is 21.9. The van der Waals surface area contributed by atoms with Crippen LogP contribution in [0.4, 0.5) is 11.4 Å². The Balaban J connectivity index is 1.98. The van der Waals surface area contributed by atoms with Crippen LogP contribution in [0.25, 0.3) is 0 Å². The number of hydrogen-bond acceptors (Lipinski definition) is 4. The summed E-state index contributed by atoms with van der Waals surface area (Å²) in [5.74, 6) is -0.979. The highest BCUT2D eigenvalue weighted by Crippen LogP contribution is 2.22. The average Bonchev–Trinajstić information content (AvgIpc) is 2.61. The van der Waals surface area contributed by atoms with E-state index in [0.717, 1.165) is 26.2 Å². The SMILES string of the molecule is Cc1cc(NC(=O)CNC(=O)CN(c2ccccc2C)S(C)(=O)=O)ccc1Br. The second-order valence-corrected chi connectivity index (χ2v) is 9.11. The Morgan fingerprint density at radius 2 is 1.71 bits per heavy atom. The van der Waals surface area contributed by atoms with Gasteiger partial charge in [-0.1, -0.05) is 34.1 Å². The molecule has 0 aromatic heterocycles. The molecule has 0 saturated carbocycles. The van der Waals surface area contributed by atoms with Gasteiger partial charge in [0.1, 0.15) is 6.54 Å². The molecule has 0 fully saturated rings. The first-order valence-electron chi connectivity index (χ1n) is 8.44. The third-order valence-electron chi connectivity index (χ3n) is 3.96. The number of anilines is 2. The van der Waals surface area contributed by atoms with Crippen LogP contribution in [-0.2, 0) is 19.6 Å². The number of hydrogen-bond donors (Lipinski definition) is 2. The number of amides is 2. The minimum Gasteiger partial charge on any atom is -0.345 e. The van der Waals surface area contributed by atoms with Crippen molar-refractivity contribution in [2.75, 3.05) is 29.0 Å². The molecule has 150 valence electrons. The van der Waals surface area contributed by atoms with Crippen LogP contribution in [0.15, 0.2) is 46.9 Å². The Labute approximate surface area is 173 Å². The zero-order valence-corrected chi connectivity index (χ0v) is 18.2. The zero-order chi connectivity index (χ0) is 20.9. The van der Waals surface area contributed by atoms with Crippen molar-refractivity contribution in [1.82, 2.24) is 5.32 Å². The summed E-state index contributed by atoms with van der Waals surface area (Å²) in [6.07, 6.45) is 1.04. The van der Waals surface area contributed by atoms with Gasteiger partial charge in [0.05, 0.1) is 18.5 Å². The lowest BCUT2D eigenvalue weighted by molar-refractivity contribution is -0.123. The molecular formula is C19H22BrN3O4S. The number of para-hydroxylation sites is 1. The van der Waals surface area contributed by atoms with Crippen LogP contribution in [0.3, 0.4) is 0 Å². The third kappa shape index (κ3) is 6.07. The molecule has 0 unspecified atom stereocenters. The van der Waals surface area contributed by atoms with Crippen molar-refractivity contribution >= 4 is 49.1 Å². The summed E-state index contributed by atoms with van der Waals surface area (Å²) >= 11 is 3.39. The van der Waals surface area contributed by atoms with Gasteiger partial charge in [0.2, 0.25) is 21.8 Å². The highest BCUT2D eigenvalue weighted by Gasteiger charge is 2.22. The Morgan fingerprint density at radius 1 is 1.04 bits per heavy atom. The van der Waals surface area contributed by atoms with Crippen LogP contribution >= 0.6 is 15.9 Å². The van der Waals surface area contributed by atoms with Gasteiger partial charge >= 0.3 is 0 Å². The molecule has 2 N–H and O–H groups in total. The topological polar surface area (TPSA) is 95.6 Å². The number of aryl methyl sites for hydroxylation is 2. The summed E-state index contributed by atoms with van der Waals surface area (Å²) in [7, 11) is -3.66. The highest BCUT2D eigenvalue weighted by molar-refractivity contribution is 9.10. The maximum absolute atomic E-state index is 12.2. The van der Waals surface area contributed by atoms with E-state index >= 15 is 0 Å². The van der Waals surface area contributed by atoms with E-state index in [9.17, 15) is 18.0 Å². The van der Waals surface area contributed by atoms with Gasteiger partial charge in [-0.05, 0) is 49.2 Å². The van der Waals surface area contributed by atoms with Crippen LogP contribution < -0.4 is 14.9 Å². The molecule has 0 bridgehead atoms. The smallest absolute Gasteiger partial charge is 0.243 e. The number of nitrogens with zero attached hydrogens (tertiary/aromatic N) is 1. The molecule has 0 atom stereocenters. The van der Waals surface area contributed by atoms with E-state index in [1.165, 1.54) is 0 Å². The normalized spacial score (nSPS) is 11.0. The van der Waals surface area contributed by atoms with E-state index in [1.807, 2.05) is 13.0 Å². The minimum atomic E-state index is -3.66. The lowest BCUT2D eigenvalue weighted by atomic mass is 10.2. The van der Waals surface area contributed by atoms with Crippen LogP contribution in [0.1, 0.15) is 11.1 Å². The number of benzene rings is 2. The predicted octanol–water partition coefficient (Wildman–Crippen LogP) is 2.59. The zero-order valence-electron chi connectivity index (χ0n) is 15.8. The molecule has 2 rings (SSSR count). The molecule has 28 heavy (non-hydrogen) atoms. The Morgan fingerprint density at radius 3 is 2.32 bits per heavy atom. The van der Waals surface area contributed by atoms with Gasteiger partial charge in [-0.3, -0.25) is 13.9 Å². The largest absolute Gasteiger partial charge is 0.345 e. The van der Waals surface area contributed by atoms with Gasteiger partial charge in [0.15, 0.2) is 0 Å². The fourth-order valence-corrected chi connectivity index (χ4v) is 3.68. The number of rotatable bonds is 7. The Bertz CT molecular complexity index is 992. The molecular weight excluding hydrogens is 446 g/mol. The second kappa shape index (κ2) is 9.20. The number of nitrogens with one attached hydrogen (secondary N) is 2. The average molecular weight is 468 g/mol. The maximum atomic E-state index is 12.2. The molecule has 0 heterocycles. The van der Waals surface area contributed by atoms with Crippen molar-refractivity contribution in [3.8, 4) is 0 Å². The molecule has 0 aliphatic carbocycles. The molecule has 2 aromatic carbocycles. The van der Waals surface area contributed by atoms with Crippen LogP contribution in [-0.4, -0.2) is 39.6 Å². The van der Waals surface area contributed by atoms with E-state index < -0.39 is 28.4 Å². The molecule has 0 aliphatic rings. The quantitative estimate of drug-likeness (QED) is 0.653. The summed E-state index contributed by atoms with van der Waals surface area (Å²) in [5, 5.41) is 5.14. The van der Waals surface area contributed by atoms with Crippen LogP contribution in [0, 0.1) is 13.8 Å². The summed E-state index contributed by atoms with van der Waals surface area (Å²) in [6, 6.07) is 12.2. The van der Waals surface area contributed by atoms with Crippen molar-refractivity contribution < 1.29 is 18.0 Å². The van der Waals surface area contributed by atoms with Crippen molar-refractivity contribution in [2.45, 2.75) is 13.8 Å². The third-order valence-corrected chi connectivity index (χ3v) is 5.98. The van der Waals surface area contributed by atoms with E-state index in [4.69, 9.17) is 0 Å². The van der Waals surface area contributed by atoms with E-state index in [2.05, 4.69) is 26.6 Å². The Hall–Kier alpha value is -2.39. The second-order valence-electron chi connectivity index (χ2n) is 6.34. The molecule has 2 aromatic rings. The highest BCUT2D eigenvalue weighted by atomic mass is 79.9. The Kier molecular flexibility index (Phi) is 7.20. The molecule has 0 saturated heterocycles. The van der Waals surface area contributed by atoms with Gasteiger partial charge in [0.25, 0.3) is 0 Å². The van der Waals surface area contributed by atoms with Gasteiger partial charge < -0.3 is 10.6 Å². The first-order valence-corrected chi connectivity index (χ1v) is 11.1. The lowest BCUT2D eigenvalue weighted by Gasteiger charge is -2.23.